The summed E-state index contributed by atoms with van der Waals surface area (Å²) in [5.74, 6) is -0.352. The fourth-order valence-electron chi connectivity index (χ4n) is 4.74. The molecule has 0 saturated carbocycles. The molecule has 2 atom stereocenters. The highest BCUT2D eigenvalue weighted by atomic mass is 32.1. The van der Waals surface area contributed by atoms with Crippen molar-refractivity contribution in [3.05, 3.63) is 77.9 Å². The quantitative estimate of drug-likeness (QED) is 0.282. The number of thiazole rings is 1. The minimum absolute atomic E-state index is 0.0515. The van der Waals surface area contributed by atoms with Crippen LogP contribution in [-0.4, -0.2) is 46.8 Å². The third kappa shape index (κ3) is 4.67. The topological polar surface area (TPSA) is 79.8 Å². The monoisotopic (exact) mass is 527 g/mol. The minimum atomic E-state index is -0.862. The molecule has 0 N–H and O–H groups in total. The molecule has 0 spiro atoms. The first kappa shape index (κ1) is 25.6. The van der Waals surface area contributed by atoms with E-state index >= 15 is 0 Å². The lowest BCUT2D eigenvalue weighted by Gasteiger charge is -2.33. The van der Waals surface area contributed by atoms with Crippen molar-refractivity contribution in [2.75, 3.05) is 12.0 Å². The number of methoxy groups -OCH3 is 1. The van der Waals surface area contributed by atoms with Gasteiger partial charge in [-0.05, 0) is 86.5 Å². The minimum Gasteiger partial charge on any atom is -0.497 e. The summed E-state index contributed by atoms with van der Waals surface area (Å²) in [6, 6.07) is 19.1. The zero-order valence-electron chi connectivity index (χ0n) is 21.8. The maximum Gasteiger partial charge on any atom is 0.257 e. The van der Waals surface area contributed by atoms with Crippen LogP contribution < -0.4 is 9.64 Å². The molecule has 5 rings (SSSR count). The summed E-state index contributed by atoms with van der Waals surface area (Å²) in [5, 5.41) is 0.877. The molecular formula is C30H29N3O4S. The Morgan fingerprint density at radius 1 is 1.11 bits per heavy atom. The molecule has 194 valence electrons. The number of hydrogen-bond acceptors (Lipinski definition) is 6. The molecule has 1 aromatic heterocycles. The molecular weight excluding hydrogens is 498 g/mol. The van der Waals surface area contributed by atoms with E-state index < -0.39 is 6.04 Å². The first-order chi connectivity index (χ1) is 18.3. The van der Waals surface area contributed by atoms with Crippen molar-refractivity contribution in [2.24, 2.45) is 0 Å². The van der Waals surface area contributed by atoms with Crippen LogP contribution in [0.15, 0.2) is 66.7 Å². The van der Waals surface area contributed by atoms with Gasteiger partial charge < -0.3 is 9.64 Å². The fraction of sp³-hybridized carbons (Fsp3) is 0.267. The molecule has 4 aromatic rings. The lowest BCUT2D eigenvalue weighted by molar-refractivity contribution is -0.122. The van der Waals surface area contributed by atoms with Crippen LogP contribution in [0.2, 0.25) is 0 Å². The Balaban J connectivity index is 1.40. The number of carbonyl (C=O) groups excluding carboxylic acids is 3. The number of ether oxygens (including phenoxy) is 1. The van der Waals surface area contributed by atoms with Gasteiger partial charge in [0.15, 0.2) is 0 Å². The predicted octanol–water partition coefficient (Wildman–Crippen LogP) is 5.85. The smallest absolute Gasteiger partial charge is 0.257 e. The highest BCUT2D eigenvalue weighted by Crippen LogP contribution is 2.34. The van der Waals surface area contributed by atoms with Gasteiger partial charge in [0.25, 0.3) is 11.8 Å². The molecule has 1 saturated heterocycles. The number of fused-ring (bicyclic) bond motifs is 1. The summed E-state index contributed by atoms with van der Waals surface area (Å²) in [6.07, 6.45) is 0.598. The number of anilines is 1. The molecule has 0 bridgehead atoms. The van der Waals surface area contributed by atoms with Crippen molar-refractivity contribution >= 4 is 45.0 Å². The molecule has 8 heteroatoms. The molecule has 7 nitrogen and oxygen atoms in total. The number of aryl methyl sites for hydroxylation is 1. The van der Waals surface area contributed by atoms with Crippen molar-refractivity contribution < 1.29 is 19.1 Å². The van der Waals surface area contributed by atoms with Crippen LogP contribution in [0.3, 0.4) is 0 Å². The summed E-state index contributed by atoms with van der Waals surface area (Å²) in [7, 11) is 1.56. The first-order valence-electron chi connectivity index (χ1n) is 12.6. The molecule has 1 aliphatic heterocycles. The van der Waals surface area contributed by atoms with E-state index in [2.05, 4.69) is 13.0 Å². The van der Waals surface area contributed by atoms with Crippen molar-refractivity contribution in [3.8, 4) is 16.3 Å². The van der Waals surface area contributed by atoms with E-state index in [4.69, 9.17) is 9.72 Å². The van der Waals surface area contributed by atoms with Crippen molar-refractivity contribution in [1.82, 2.24) is 9.88 Å². The molecule has 3 amide bonds. The van der Waals surface area contributed by atoms with Crippen molar-refractivity contribution in [1.29, 1.82) is 0 Å². The van der Waals surface area contributed by atoms with Gasteiger partial charge in [0.2, 0.25) is 5.91 Å². The summed E-state index contributed by atoms with van der Waals surface area (Å²) in [4.78, 5) is 47.7. The summed E-state index contributed by atoms with van der Waals surface area (Å²) >= 11 is 1.61. The molecule has 0 aliphatic carbocycles. The third-order valence-electron chi connectivity index (χ3n) is 7.01. The maximum atomic E-state index is 13.6. The zero-order valence-corrected chi connectivity index (χ0v) is 22.6. The van der Waals surface area contributed by atoms with E-state index in [1.807, 2.05) is 38.1 Å². The standard InChI is InChI=1S/C30H29N3O4S/c1-5-19(3)32(29(35)21-9-13-23(37-4)14-10-21)25-17-27(34)33(30(25)36)22-11-7-20(8-12-22)28-31-24-15-6-18(2)16-26(24)38-28/h6-16,19,25H,5,17H2,1-4H3. The van der Waals surface area contributed by atoms with Gasteiger partial charge in [0.1, 0.15) is 16.8 Å². The normalized spacial score (nSPS) is 16.2. The number of aromatic nitrogens is 1. The molecule has 1 aliphatic rings. The van der Waals surface area contributed by atoms with E-state index in [-0.39, 0.29) is 30.2 Å². The zero-order chi connectivity index (χ0) is 27.0. The number of rotatable bonds is 7. The lowest BCUT2D eigenvalue weighted by Crippen LogP contribution is -2.49. The van der Waals surface area contributed by atoms with Gasteiger partial charge in [0, 0.05) is 17.2 Å². The van der Waals surface area contributed by atoms with Gasteiger partial charge in [-0.25, -0.2) is 9.88 Å². The third-order valence-corrected chi connectivity index (χ3v) is 8.08. The molecule has 2 heterocycles. The molecule has 2 unspecified atom stereocenters. The van der Waals surface area contributed by atoms with Crippen LogP contribution in [0.25, 0.3) is 20.8 Å². The lowest BCUT2D eigenvalue weighted by atomic mass is 10.1. The summed E-state index contributed by atoms with van der Waals surface area (Å²) in [5.41, 5.74) is 3.98. The summed E-state index contributed by atoms with van der Waals surface area (Å²) in [6.45, 7) is 5.91. The predicted molar refractivity (Wildman–Crippen MR) is 150 cm³/mol. The van der Waals surface area contributed by atoms with Gasteiger partial charge in [0.05, 0.1) is 29.4 Å². The van der Waals surface area contributed by atoms with E-state index in [9.17, 15) is 14.4 Å². The Morgan fingerprint density at radius 3 is 2.47 bits per heavy atom. The number of amides is 3. The van der Waals surface area contributed by atoms with Crippen LogP contribution in [-0.2, 0) is 9.59 Å². The number of benzene rings is 3. The summed E-state index contributed by atoms with van der Waals surface area (Å²) < 4.78 is 6.31. The Morgan fingerprint density at radius 2 is 1.82 bits per heavy atom. The number of imide groups is 1. The maximum absolute atomic E-state index is 13.6. The molecule has 0 radical (unpaired) electrons. The molecule has 3 aromatic carbocycles. The fourth-order valence-corrected chi connectivity index (χ4v) is 5.81. The van der Waals surface area contributed by atoms with Crippen LogP contribution in [0.5, 0.6) is 5.75 Å². The Hall–Kier alpha value is -4.04. The largest absolute Gasteiger partial charge is 0.497 e. The van der Waals surface area contributed by atoms with Crippen molar-refractivity contribution in [3.63, 3.8) is 0 Å². The second-order valence-corrected chi connectivity index (χ2v) is 10.6. The van der Waals surface area contributed by atoms with Crippen LogP contribution in [0, 0.1) is 6.92 Å². The van der Waals surface area contributed by atoms with Crippen LogP contribution in [0.4, 0.5) is 5.69 Å². The van der Waals surface area contributed by atoms with Crippen molar-refractivity contribution in [2.45, 2.75) is 45.7 Å². The second kappa shape index (κ2) is 10.4. The Kier molecular flexibility index (Phi) is 6.99. The van der Waals surface area contributed by atoms with Gasteiger partial charge >= 0.3 is 0 Å². The van der Waals surface area contributed by atoms with Crippen LogP contribution in [0.1, 0.15) is 42.6 Å². The number of nitrogens with zero attached hydrogens (tertiary/aromatic N) is 3. The van der Waals surface area contributed by atoms with Gasteiger partial charge in [-0.15, -0.1) is 11.3 Å². The molecule has 1 fully saturated rings. The van der Waals surface area contributed by atoms with Gasteiger partial charge in [-0.3, -0.25) is 14.4 Å². The highest BCUT2D eigenvalue weighted by Gasteiger charge is 2.45. The van der Waals surface area contributed by atoms with Gasteiger partial charge in [-0.1, -0.05) is 13.0 Å². The SMILES string of the molecule is CCC(C)N(C(=O)c1ccc(OC)cc1)C1CC(=O)N(c2ccc(-c3nc4ccc(C)cc4s3)cc2)C1=O. The van der Waals surface area contributed by atoms with E-state index in [1.54, 1.807) is 59.7 Å². The Labute approximate surface area is 225 Å². The van der Waals surface area contributed by atoms with E-state index in [0.29, 0.717) is 23.4 Å². The first-order valence-corrected chi connectivity index (χ1v) is 13.4. The van der Waals surface area contributed by atoms with Crippen LogP contribution >= 0.6 is 11.3 Å². The number of carbonyl (C=O) groups is 3. The second-order valence-electron chi connectivity index (χ2n) is 9.52. The highest BCUT2D eigenvalue weighted by molar-refractivity contribution is 7.21. The average Bonchev–Trinajstić information content (AvgIpc) is 3.48. The van der Waals surface area contributed by atoms with E-state index in [1.165, 1.54) is 10.5 Å². The van der Waals surface area contributed by atoms with E-state index in [0.717, 1.165) is 20.8 Å². The Bertz CT molecular complexity index is 1510. The average molecular weight is 528 g/mol. The van der Waals surface area contributed by atoms with Gasteiger partial charge in [-0.2, -0.15) is 0 Å². The molecule has 38 heavy (non-hydrogen) atoms. The number of hydrogen-bond donors (Lipinski definition) is 0.